The topological polar surface area (TPSA) is 64.0 Å². The second-order valence-corrected chi connectivity index (χ2v) is 6.86. The maximum absolute atomic E-state index is 11.4. The fourth-order valence-corrected chi connectivity index (χ4v) is 2.39. The molecule has 0 amide bonds. The van der Waals surface area contributed by atoms with Crippen LogP contribution in [-0.2, 0) is 22.9 Å². The molecular formula is C12H23N3O2S. The summed E-state index contributed by atoms with van der Waals surface area (Å²) < 4.78 is 24.7. The van der Waals surface area contributed by atoms with Crippen LogP contribution in [0.3, 0.4) is 0 Å². The molecule has 0 radical (unpaired) electrons. The van der Waals surface area contributed by atoms with Crippen LogP contribution in [0.1, 0.15) is 31.5 Å². The van der Waals surface area contributed by atoms with Gasteiger partial charge in [-0.1, -0.05) is 13.8 Å². The molecule has 6 heteroatoms. The van der Waals surface area contributed by atoms with Crippen molar-refractivity contribution in [3.8, 4) is 0 Å². The predicted octanol–water partition coefficient (Wildman–Crippen LogP) is 1.13. The summed E-state index contributed by atoms with van der Waals surface area (Å²) in [6, 6.07) is 0. The van der Waals surface area contributed by atoms with Crippen molar-refractivity contribution in [3.63, 3.8) is 0 Å². The van der Waals surface area contributed by atoms with Gasteiger partial charge in [-0.25, -0.2) is 8.42 Å². The third kappa shape index (κ3) is 4.42. The maximum atomic E-state index is 11.4. The van der Waals surface area contributed by atoms with Crippen LogP contribution >= 0.6 is 0 Å². The fourth-order valence-electron chi connectivity index (χ4n) is 1.65. The zero-order valence-electron chi connectivity index (χ0n) is 11.4. The standard InChI is InChI=1S/C12H23N3O2S/c1-4-6-13-9-12-10-14-15(11(12)3)7-8-18(16,17)5-2/h10,13H,4-9H2,1-3H3. The Bertz CT molecular complexity index is 466. The molecule has 5 nitrogen and oxygen atoms in total. The summed E-state index contributed by atoms with van der Waals surface area (Å²) in [5.41, 5.74) is 2.18. The van der Waals surface area contributed by atoms with Gasteiger partial charge in [-0.2, -0.15) is 5.10 Å². The zero-order valence-corrected chi connectivity index (χ0v) is 12.3. The maximum Gasteiger partial charge on any atom is 0.151 e. The first-order valence-corrected chi connectivity index (χ1v) is 8.24. The molecule has 1 rings (SSSR count). The van der Waals surface area contributed by atoms with Crippen LogP contribution in [0.15, 0.2) is 6.20 Å². The van der Waals surface area contributed by atoms with Gasteiger partial charge < -0.3 is 5.32 Å². The zero-order chi connectivity index (χ0) is 13.6. The lowest BCUT2D eigenvalue weighted by atomic mass is 10.2. The minimum Gasteiger partial charge on any atom is -0.313 e. The van der Waals surface area contributed by atoms with E-state index in [4.69, 9.17) is 0 Å². The lowest BCUT2D eigenvalue weighted by molar-refractivity contribution is 0.577. The molecule has 0 aliphatic rings. The molecule has 18 heavy (non-hydrogen) atoms. The molecule has 0 saturated heterocycles. The Morgan fingerprint density at radius 2 is 2.11 bits per heavy atom. The van der Waals surface area contributed by atoms with E-state index in [-0.39, 0.29) is 11.5 Å². The van der Waals surface area contributed by atoms with Gasteiger partial charge in [0.2, 0.25) is 0 Å². The van der Waals surface area contributed by atoms with Gasteiger partial charge in [0.05, 0.1) is 18.5 Å². The summed E-state index contributed by atoms with van der Waals surface area (Å²) in [6.45, 7) is 7.99. The first kappa shape index (κ1) is 15.2. The molecule has 0 aliphatic carbocycles. The number of aryl methyl sites for hydroxylation is 1. The Morgan fingerprint density at radius 3 is 2.72 bits per heavy atom. The highest BCUT2D eigenvalue weighted by Crippen LogP contribution is 2.07. The molecule has 1 aromatic heterocycles. The van der Waals surface area contributed by atoms with Crippen LogP contribution in [-0.4, -0.2) is 36.2 Å². The Balaban J connectivity index is 2.58. The average molecular weight is 273 g/mol. The highest BCUT2D eigenvalue weighted by molar-refractivity contribution is 7.91. The largest absolute Gasteiger partial charge is 0.313 e. The molecular weight excluding hydrogens is 250 g/mol. The summed E-state index contributed by atoms with van der Waals surface area (Å²) in [4.78, 5) is 0. The van der Waals surface area contributed by atoms with E-state index in [1.165, 1.54) is 0 Å². The van der Waals surface area contributed by atoms with Crippen molar-refractivity contribution in [2.75, 3.05) is 18.1 Å². The molecule has 0 bridgehead atoms. The molecule has 1 N–H and O–H groups in total. The molecule has 1 heterocycles. The molecule has 1 aromatic rings. The summed E-state index contributed by atoms with van der Waals surface area (Å²) in [7, 11) is -2.92. The Morgan fingerprint density at radius 1 is 1.39 bits per heavy atom. The quantitative estimate of drug-likeness (QED) is 0.721. The van der Waals surface area contributed by atoms with Crippen molar-refractivity contribution in [2.45, 2.75) is 40.3 Å². The Kier molecular flexibility index (Phi) is 5.81. The van der Waals surface area contributed by atoms with E-state index in [9.17, 15) is 8.42 Å². The van der Waals surface area contributed by atoms with Gasteiger partial charge >= 0.3 is 0 Å². The predicted molar refractivity (Wildman–Crippen MR) is 73.3 cm³/mol. The lowest BCUT2D eigenvalue weighted by Crippen LogP contribution is -2.17. The molecule has 0 saturated carbocycles. The van der Waals surface area contributed by atoms with Crippen molar-refractivity contribution in [1.29, 1.82) is 0 Å². The van der Waals surface area contributed by atoms with Crippen molar-refractivity contribution in [2.24, 2.45) is 0 Å². The number of nitrogens with zero attached hydrogens (tertiary/aromatic N) is 2. The Hall–Kier alpha value is -0.880. The molecule has 0 aliphatic heterocycles. The van der Waals surface area contributed by atoms with E-state index >= 15 is 0 Å². The summed E-state index contributed by atoms with van der Waals surface area (Å²) in [6.07, 6.45) is 2.92. The van der Waals surface area contributed by atoms with Crippen LogP contribution < -0.4 is 5.32 Å². The van der Waals surface area contributed by atoms with Crippen LogP contribution in [0.4, 0.5) is 0 Å². The first-order chi connectivity index (χ1) is 8.50. The van der Waals surface area contributed by atoms with Crippen molar-refractivity contribution in [3.05, 3.63) is 17.5 Å². The summed E-state index contributed by atoms with van der Waals surface area (Å²) in [5, 5.41) is 7.56. The third-order valence-electron chi connectivity index (χ3n) is 3.00. The van der Waals surface area contributed by atoms with Gasteiger partial charge in [0.1, 0.15) is 0 Å². The minimum atomic E-state index is -2.92. The van der Waals surface area contributed by atoms with Crippen LogP contribution in [0.5, 0.6) is 0 Å². The molecule has 0 spiro atoms. The van der Waals surface area contributed by atoms with Gasteiger partial charge in [0, 0.05) is 23.6 Å². The molecule has 104 valence electrons. The normalized spacial score (nSPS) is 11.9. The molecule has 0 aromatic carbocycles. The van der Waals surface area contributed by atoms with Crippen molar-refractivity contribution < 1.29 is 8.42 Å². The monoisotopic (exact) mass is 273 g/mol. The van der Waals surface area contributed by atoms with E-state index in [1.807, 2.05) is 13.1 Å². The fraction of sp³-hybridized carbons (Fsp3) is 0.750. The van der Waals surface area contributed by atoms with E-state index in [0.717, 1.165) is 30.8 Å². The molecule has 0 unspecified atom stereocenters. The van der Waals surface area contributed by atoms with E-state index < -0.39 is 9.84 Å². The number of hydrogen-bond donors (Lipinski definition) is 1. The van der Waals surface area contributed by atoms with Crippen LogP contribution in [0, 0.1) is 6.92 Å². The second-order valence-electron chi connectivity index (χ2n) is 4.39. The average Bonchev–Trinajstić information content (AvgIpc) is 2.69. The van der Waals surface area contributed by atoms with E-state index in [1.54, 1.807) is 11.6 Å². The smallest absolute Gasteiger partial charge is 0.151 e. The van der Waals surface area contributed by atoms with Crippen molar-refractivity contribution >= 4 is 9.84 Å². The number of hydrogen-bond acceptors (Lipinski definition) is 4. The second kappa shape index (κ2) is 6.89. The van der Waals surface area contributed by atoms with E-state index in [2.05, 4.69) is 17.3 Å². The van der Waals surface area contributed by atoms with Crippen molar-refractivity contribution in [1.82, 2.24) is 15.1 Å². The lowest BCUT2D eigenvalue weighted by Gasteiger charge is -2.06. The van der Waals surface area contributed by atoms with Gasteiger partial charge in [0.25, 0.3) is 0 Å². The first-order valence-electron chi connectivity index (χ1n) is 6.42. The SMILES string of the molecule is CCCNCc1cnn(CCS(=O)(=O)CC)c1C. The highest BCUT2D eigenvalue weighted by Gasteiger charge is 2.10. The number of nitrogens with one attached hydrogen (secondary N) is 1. The van der Waals surface area contributed by atoms with Crippen LogP contribution in [0.25, 0.3) is 0 Å². The summed E-state index contributed by atoms with van der Waals surface area (Å²) in [5.74, 6) is 0.353. The van der Waals surface area contributed by atoms with Gasteiger partial charge in [-0.05, 0) is 19.9 Å². The minimum absolute atomic E-state index is 0.161. The number of aromatic nitrogens is 2. The number of rotatable bonds is 8. The Labute approximate surface area is 109 Å². The van der Waals surface area contributed by atoms with Gasteiger partial charge in [0.15, 0.2) is 9.84 Å². The summed E-state index contributed by atoms with van der Waals surface area (Å²) >= 11 is 0. The molecule has 0 atom stereocenters. The number of sulfone groups is 1. The molecule has 0 fully saturated rings. The van der Waals surface area contributed by atoms with Gasteiger partial charge in [-0.3, -0.25) is 4.68 Å². The van der Waals surface area contributed by atoms with E-state index in [0.29, 0.717) is 6.54 Å². The third-order valence-corrected chi connectivity index (χ3v) is 4.69. The van der Waals surface area contributed by atoms with Gasteiger partial charge in [-0.15, -0.1) is 0 Å². The van der Waals surface area contributed by atoms with Crippen LogP contribution in [0.2, 0.25) is 0 Å². The highest BCUT2D eigenvalue weighted by atomic mass is 32.2.